The van der Waals surface area contributed by atoms with Gasteiger partial charge < -0.3 is 56.2 Å². The highest BCUT2D eigenvalue weighted by Gasteiger charge is 2.52. The van der Waals surface area contributed by atoms with E-state index in [-0.39, 0.29) is 51.6 Å². The number of likely N-dealkylation sites (N-methyl/N-ethyl adjacent to an activating group) is 3. The molecule has 3 unspecified atom stereocenters. The van der Waals surface area contributed by atoms with Crippen LogP contribution in [0, 0.1) is 23.3 Å². The number of nitrogens with zero attached hydrogens (tertiary/aromatic N) is 4. The summed E-state index contributed by atoms with van der Waals surface area (Å²) in [5.74, 6) is -5.55. The first-order chi connectivity index (χ1) is 49.7. The van der Waals surface area contributed by atoms with Crippen molar-refractivity contribution >= 4 is 139 Å². The van der Waals surface area contributed by atoms with Crippen molar-refractivity contribution in [2.45, 2.75) is 42.1 Å². The topological polar surface area (TPSA) is 198 Å². The van der Waals surface area contributed by atoms with Gasteiger partial charge in [0.2, 0.25) is 11.6 Å². The number of alkyl halides is 12. The average Bonchev–Trinajstić information content (AvgIpc) is 1.57. The highest BCUT2D eigenvalue weighted by molar-refractivity contribution is 9.11. The first-order valence-corrected chi connectivity index (χ1v) is 34.1. The van der Waals surface area contributed by atoms with E-state index in [1.807, 2.05) is 4.90 Å². The van der Waals surface area contributed by atoms with E-state index in [9.17, 15) is 84.6 Å². The summed E-state index contributed by atoms with van der Waals surface area (Å²) in [6.07, 6.45) is -19.2. The van der Waals surface area contributed by atoms with Crippen LogP contribution >= 0.6 is 100 Å². The largest absolute Gasteiger partial charge is 0.573 e. The molecule has 0 radical (unpaired) electrons. The molecule has 0 bridgehead atoms. The molecule has 3 atom stereocenters. The molecular weight excluding hydrogens is 1770 g/mol. The van der Waals surface area contributed by atoms with Crippen LogP contribution in [0.1, 0.15) is 54.1 Å². The molecule has 2 saturated heterocycles. The number of benzene rings is 8. The standard InChI is InChI=1S/C17H14BrF4N3O.C17H11BrF4N2O2S.C17H13BrF4N2OS.C15H7BrF4O3.C2H6N2S/c1-25-9-16(24-15(25)23,11-4-7-14(19)13(18)8-11)10-2-5-12(6-3-10)26-17(20,21)22;1-24-14(25)16(23-15(24)27,10-4-7-13(19)12(18)8-10)9-2-5-11(6-3-9)26-17(20,21)22;1-24-9-16(23-15(24)26,11-4-7-14(19)13(18)8-11)10-2-5-12(6-3-10)25-17(20,21)22;16-11-7-9(3-6-12(11)17)14(22)13(21)8-1-4-10(5-2-8)23-15(18,19)20;1-4-2(3)5/h2-8H,9H2,1H3,(H2,23,24);2-8H,1H3,(H,23,27);2-8H,9H2,1H3,(H,23,26);1-7H;1H3,(H3,3,4,5). The number of halogens is 20. The van der Waals surface area contributed by atoms with Crippen molar-refractivity contribution in [2.75, 3.05) is 41.3 Å². The Morgan fingerprint density at radius 3 is 1.17 bits per heavy atom. The van der Waals surface area contributed by atoms with Gasteiger partial charge in [0.15, 0.2) is 26.8 Å². The molecule has 16 nitrogen and oxygen atoms in total. The minimum absolute atomic E-state index is 0.0186. The number of rotatable bonds is 13. The summed E-state index contributed by atoms with van der Waals surface area (Å²) in [6, 6.07) is 36.1. The maximum absolute atomic E-state index is 13.7. The van der Waals surface area contributed by atoms with Crippen LogP contribution in [-0.4, -0.2) is 120 Å². The summed E-state index contributed by atoms with van der Waals surface area (Å²) in [6.45, 7) is 0.791. The third-order valence-corrected chi connectivity index (χ3v) is 18.8. The van der Waals surface area contributed by atoms with E-state index in [2.05, 4.69) is 116 Å². The number of thiocarbonyl (C=S) groups is 3. The van der Waals surface area contributed by atoms with Crippen LogP contribution in [0.3, 0.4) is 0 Å². The third-order valence-electron chi connectivity index (χ3n) is 15.3. The Hall–Kier alpha value is -8.89. The van der Waals surface area contributed by atoms with Crippen molar-refractivity contribution in [1.82, 2.24) is 30.7 Å². The van der Waals surface area contributed by atoms with E-state index in [0.717, 1.165) is 60.2 Å². The van der Waals surface area contributed by atoms with Gasteiger partial charge in [-0.2, -0.15) is 0 Å². The number of aliphatic imine (C=N–C) groups is 1. The van der Waals surface area contributed by atoms with Gasteiger partial charge in [0, 0.05) is 39.3 Å². The molecule has 2 fully saturated rings. The van der Waals surface area contributed by atoms with Crippen molar-refractivity contribution in [3.05, 3.63) is 256 Å². The number of nitrogens with one attached hydrogen (secondary N) is 3. The molecule has 3 aliphatic heterocycles. The number of amides is 1. The van der Waals surface area contributed by atoms with E-state index in [1.165, 1.54) is 103 Å². The van der Waals surface area contributed by atoms with Gasteiger partial charge in [-0.25, -0.2) is 22.6 Å². The highest BCUT2D eigenvalue weighted by Crippen LogP contribution is 2.43. The minimum atomic E-state index is -4.85. The van der Waals surface area contributed by atoms with Gasteiger partial charge in [0.05, 0.1) is 31.0 Å². The second-order valence-electron chi connectivity index (χ2n) is 22.5. The minimum Gasteiger partial charge on any atom is -0.406 e. The Labute approximate surface area is 647 Å². The van der Waals surface area contributed by atoms with Gasteiger partial charge in [0.25, 0.3) is 5.91 Å². The van der Waals surface area contributed by atoms with Gasteiger partial charge in [-0.15, -0.1) is 52.7 Å². The van der Waals surface area contributed by atoms with Crippen molar-refractivity contribution < 1.29 is 104 Å². The van der Waals surface area contributed by atoms with E-state index in [0.29, 0.717) is 51.1 Å². The van der Waals surface area contributed by atoms with Crippen molar-refractivity contribution in [1.29, 1.82) is 0 Å². The van der Waals surface area contributed by atoms with Gasteiger partial charge in [-0.3, -0.25) is 19.3 Å². The molecule has 11 rings (SSSR count). The fraction of sp³-hybridized carbons (Fsp3) is 0.191. The summed E-state index contributed by atoms with van der Waals surface area (Å²) >= 11 is 27.1. The van der Waals surface area contributed by atoms with Crippen LogP contribution in [-0.2, 0) is 21.4 Å². The molecule has 8 aromatic carbocycles. The van der Waals surface area contributed by atoms with E-state index in [4.69, 9.17) is 35.9 Å². The number of ether oxygens (including phenoxy) is 4. The molecule has 1 amide bonds. The second kappa shape index (κ2) is 34.6. The monoisotopic (exact) mass is 1820 g/mol. The Kier molecular flexibility index (Phi) is 27.6. The summed E-state index contributed by atoms with van der Waals surface area (Å²) in [5, 5.41) is 9.63. The van der Waals surface area contributed by atoms with Gasteiger partial charge >= 0.3 is 25.4 Å². The van der Waals surface area contributed by atoms with Gasteiger partial charge in [0.1, 0.15) is 57.3 Å². The summed E-state index contributed by atoms with van der Waals surface area (Å²) in [5.41, 5.74) is 10.8. The van der Waals surface area contributed by atoms with E-state index in [1.54, 1.807) is 50.3 Å². The van der Waals surface area contributed by atoms with Gasteiger partial charge in [-0.05, 0) is 249 Å². The van der Waals surface area contributed by atoms with Crippen LogP contribution in [0.15, 0.2) is 193 Å². The second-order valence-corrected chi connectivity index (χ2v) is 27.1. The van der Waals surface area contributed by atoms with Crippen molar-refractivity contribution in [3.8, 4) is 23.0 Å². The molecule has 0 saturated carbocycles. The molecule has 568 valence electrons. The molecule has 39 heteroatoms. The van der Waals surface area contributed by atoms with Crippen LogP contribution in [0.25, 0.3) is 0 Å². The summed E-state index contributed by atoms with van der Waals surface area (Å²) in [7, 11) is 6.71. The molecule has 8 aromatic rings. The van der Waals surface area contributed by atoms with E-state index < -0.39 is 94.3 Å². The molecule has 107 heavy (non-hydrogen) atoms. The van der Waals surface area contributed by atoms with Crippen LogP contribution in [0.2, 0.25) is 0 Å². The zero-order valence-corrected chi connectivity index (χ0v) is 63.5. The molecule has 3 aliphatic rings. The zero-order chi connectivity index (χ0) is 79.7. The number of hydrogen-bond donors (Lipinski definition) is 5. The molecule has 0 aliphatic carbocycles. The number of carbonyl (C=O) groups excluding carboxylic acids is 3. The third kappa shape index (κ3) is 21.9. The normalized spacial score (nSPS) is 17.6. The van der Waals surface area contributed by atoms with Crippen molar-refractivity contribution in [2.24, 2.45) is 16.5 Å². The Morgan fingerprint density at radius 2 is 0.813 bits per heavy atom. The number of hydrogen-bond acceptors (Lipinski definition) is 13. The number of carbonyl (C=O) groups is 3. The number of nitrogens with two attached hydrogens (primary N) is 2. The van der Waals surface area contributed by atoms with Crippen LogP contribution < -0.4 is 46.4 Å². The molecule has 0 aromatic heterocycles. The molecular formula is C68H51Br4F16N9O7S3. The SMILES string of the molecule is CN1C(=O)C(c2ccc(OC(F)(F)F)cc2)(c2ccc(F)c(Br)c2)NC1=S.CN1CC(c2ccc(OC(F)(F)F)cc2)(c2ccc(F)c(Br)c2)N=C1N.CN1CC(c2ccc(OC(F)(F)F)cc2)(c2ccc(F)c(Br)c2)NC1=S.CNC(N)=S.O=C(C(=O)c1ccc(F)c(Br)c1)c1ccc(OC(F)(F)F)cc1. The Balaban J connectivity index is 0.000000195. The first kappa shape index (κ1) is 85.4. The number of ketones is 2. The van der Waals surface area contributed by atoms with Crippen molar-refractivity contribution in [3.63, 3.8) is 0 Å². The Bertz CT molecular complexity index is 4650. The highest BCUT2D eigenvalue weighted by atomic mass is 79.9. The first-order valence-electron chi connectivity index (χ1n) is 29.7. The van der Waals surface area contributed by atoms with Gasteiger partial charge in [-0.1, -0.05) is 54.6 Å². The zero-order valence-electron chi connectivity index (χ0n) is 54.7. The predicted molar refractivity (Wildman–Crippen MR) is 387 cm³/mol. The maximum atomic E-state index is 13.7. The lowest BCUT2D eigenvalue weighted by molar-refractivity contribution is -0.275. The Morgan fingerprint density at radius 1 is 0.477 bits per heavy atom. The molecule has 3 heterocycles. The number of guanidine groups is 1. The van der Waals surface area contributed by atoms with E-state index >= 15 is 0 Å². The number of Topliss-reactive ketones (excluding diaryl/α,β-unsaturated/α-hetero) is 2. The predicted octanol–water partition coefficient (Wildman–Crippen LogP) is 16.6. The fourth-order valence-corrected chi connectivity index (χ4v) is 12.4. The smallest absolute Gasteiger partial charge is 0.406 e. The van der Waals surface area contributed by atoms with Crippen LogP contribution in [0.5, 0.6) is 23.0 Å². The molecule has 0 spiro atoms. The fourth-order valence-electron chi connectivity index (χ4n) is 10.4. The molecule has 7 N–H and O–H groups in total. The quantitative estimate of drug-likeness (QED) is 0.0316. The lowest BCUT2D eigenvalue weighted by Crippen LogP contribution is -2.45. The lowest BCUT2D eigenvalue weighted by Gasteiger charge is -2.30. The average molecular weight is 1830 g/mol. The maximum Gasteiger partial charge on any atom is 0.573 e. The lowest BCUT2D eigenvalue weighted by atomic mass is 9.82. The summed E-state index contributed by atoms with van der Waals surface area (Å²) < 4.78 is 218. The van der Waals surface area contributed by atoms with Crippen LogP contribution in [0.4, 0.5) is 70.2 Å². The summed E-state index contributed by atoms with van der Waals surface area (Å²) in [4.78, 5) is 46.3.